The Hall–Kier alpha value is -2.29. The van der Waals surface area contributed by atoms with Crippen molar-refractivity contribution in [1.82, 2.24) is 0 Å². The first-order valence-corrected chi connectivity index (χ1v) is 7.14. The second-order valence-electron chi connectivity index (χ2n) is 5.33. The molecule has 0 unspecified atom stereocenters. The number of hydrogen-bond donors (Lipinski definition) is 1. The van der Waals surface area contributed by atoms with Gasteiger partial charge in [-0.15, -0.1) is 0 Å². The van der Waals surface area contributed by atoms with Gasteiger partial charge in [-0.1, -0.05) is 42.0 Å². The molecular formula is C18H21NO2. The third-order valence-electron chi connectivity index (χ3n) is 3.58. The standard InChI is InChI=1S/C18H21NO2/c1-14-8-9-16(15(2)12-14)13-19(11-10-18(20)21)17-6-4-3-5-7-17/h3-9,12H,10-11,13H2,1-2H3,(H,20,21). The number of rotatable bonds is 6. The van der Waals surface area contributed by atoms with Gasteiger partial charge in [0.25, 0.3) is 0 Å². The Labute approximate surface area is 125 Å². The molecular weight excluding hydrogens is 262 g/mol. The van der Waals surface area contributed by atoms with Gasteiger partial charge in [0.05, 0.1) is 6.42 Å². The van der Waals surface area contributed by atoms with Crippen LogP contribution in [0.25, 0.3) is 0 Å². The Morgan fingerprint density at radius 2 is 1.81 bits per heavy atom. The minimum atomic E-state index is -0.767. The SMILES string of the molecule is Cc1ccc(CN(CCC(=O)O)c2ccccc2)c(C)c1. The number of carboxylic acid groups (broad SMARTS) is 1. The average Bonchev–Trinajstić information content (AvgIpc) is 2.46. The molecule has 0 heterocycles. The maximum atomic E-state index is 10.9. The van der Waals surface area contributed by atoms with E-state index in [1.165, 1.54) is 16.7 Å². The molecule has 3 nitrogen and oxygen atoms in total. The van der Waals surface area contributed by atoms with E-state index in [0.717, 1.165) is 12.2 Å². The minimum Gasteiger partial charge on any atom is -0.481 e. The predicted octanol–water partition coefficient (Wildman–Crippen LogP) is 3.78. The van der Waals surface area contributed by atoms with E-state index in [9.17, 15) is 4.79 Å². The highest BCUT2D eigenvalue weighted by Crippen LogP contribution is 2.19. The van der Waals surface area contributed by atoms with E-state index in [-0.39, 0.29) is 6.42 Å². The first-order chi connectivity index (χ1) is 10.1. The van der Waals surface area contributed by atoms with Crippen LogP contribution >= 0.6 is 0 Å². The Balaban J connectivity index is 2.21. The molecule has 2 aromatic carbocycles. The smallest absolute Gasteiger partial charge is 0.305 e. The Bertz CT molecular complexity index is 608. The monoisotopic (exact) mass is 283 g/mol. The number of aryl methyl sites for hydroxylation is 2. The third-order valence-corrected chi connectivity index (χ3v) is 3.58. The summed E-state index contributed by atoms with van der Waals surface area (Å²) in [7, 11) is 0. The van der Waals surface area contributed by atoms with Gasteiger partial charge in [-0.3, -0.25) is 4.79 Å². The van der Waals surface area contributed by atoms with Crippen LogP contribution in [-0.2, 0) is 11.3 Å². The Morgan fingerprint density at radius 1 is 1.10 bits per heavy atom. The number of para-hydroxylation sites is 1. The molecule has 0 atom stereocenters. The fourth-order valence-electron chi connectivity index (χ4n) is 2.40. The number of aliphatic carboxylic acids is 1. The van der Waals surface area contributed by atoms with Crippen molar-refractivity contribution in [2.75, 3.05) is 11.4 Å². The minimum absolute atomic E-state index is 0.139. The highest BCUT2D eigenvalue weighted by Gasteiger charge is 2.10. The molecule has 0 saturated carbocycles. The summed E-state index contributed by atoms with van der Waals surface area (Å²) in [6.45, 7) is 5.41. The van der Waals surface area contributed by atoms with E-state index in [1.54, 1.807) is 0 Å². The maximum Gasteiger partial charge on any atom is 0.305 e. The maximum absolute atomic E-state index is 10.9. The van der Waals surface area contributed by atoms with E-state index in [4.69, 9.17) is 5.11 Å². The molecule has 0 aliphatic heterocycles. The summed E-state index contributed by atoms with van der Waals surface area (Å²) in [6.07, 6.45) is 0.139. The summed E-state index contributed by atoms with van der Waals surface area (Å²) in [6, 6.07) is 16.3. The van der Waals surface area contributed by atoms with Crippen LogP contribution in [0.1, 0.15) is 23.1 Å². The van der Waals surface area contributed by atoms with Crippen LogP contribution < -0.4 is 4.90 Å². The molecule has 21 heavy (non-hydrogen) atoms. The molecule has 0 radical (unpaired) electrons. The second-order valence-corrected chi connectivity index (χ2v) is 5.33. The number of benzene rings is 2. The Kier molecular flexibility index (Phi) is 4.99. The number of carboxylic acids is 1. The molecule has 2 aromatic rings. The number of hydrogen-bond acceptors (Lipinski definition) is 2. The van der Waals surface area contributed by atoms with Crippen molar-refractivity contribution in [2.24, 2.45) is 0 Å². The topological polar surface area (TPSA) is 40.5 Å². The number of anilines is 1. The van der Waals surface area contributed by atoms with E-state index in [0.29, 0.717) is 6.54 Å². The third kappa shape index (κ3) is 4.35. The zero-order valence-electron chi connectivity index (χ0n) is 12.5. The van der Waals surface area contributed by atoms with Gasteiger partial charge in [0, 0.05) is 18.8 Å². The van der Waals surface area contributed by atoms with E-state index in [2.05, 4.69) is 36.9 Å². The zero-order chi connectivity index (χ0) is 15.2. The van der Waals surface area contributed by atoms with Crippen LogP contribution in [0, 0.1) is 13.8 Å². The van der Waals surface area contributed by atoms with Crippen molar-refractivity contribution in [2.45, 2.75) is 26.8 Å². The van der Waals surface area contributed by atoms with Crippen LogP contribution in [0.15, 0.2) is 48.5 Å². The van der Waals surface area contributed by atoms with E-state index >= 15 is 0 Å². The highest BCUT2D eigenvalue weighted by atomic mass is 16.4. The van der Waals surface area contributed by atoms with E-state index in [1.807, 2.05) is 30.3 Å². The van der Waals surface area contributed by atoms with E-state index < -0.39 is 5.97 Å². The molecule has 0 aliphatic carbocycles. The van der Waals surface area contributed by atoms with Gasteiger partial charge in [0.15, 0.2) is 0 Å². The molecule has 2 rings (SSSR count). The lowest BCUT2D eigenvalue weighted by molar-refractivity contribution is -0.136. The predicted molar refractivity (Wildman–Crippen MR) is 85.7 cm³/mol. The lowest BCUT2D eigenvalue weighted by Gasteiger charge is -2.25. The summed E-state index contributed by atoms with van der Waals surface area (Å²) in [5, 5.41) is 8.94. The van der Waals surface area contributed by atoms with Gasteiger partial charge in [-0.05, 0) is 37.1 Å². The molecule has 1 N–H and O–H groups in total. The van der Waals surface area contributed by atoms with Crippen LogP contribution in [0.4, 0.5) is 5.69 Å². The molecule has 0 bridgehead atoms. The quantitative estimate of drug-likeness (QED) is 0.877. The lowest BCUT2D eigenvalue weighted by atomic mass is 10.0. The van der Waals surface area contributed by atoms with Crippen molar-refractivity contribution in [3.8, 4) is 0 Å². The molecule has 0 aliphatic rings. The van der Waals surface area contributed by atoms with Crippen LogP contribution in [0.3, 0.4) is 0 Å². The fraction of sp³-hybridized carbons (Fsp3) is 0.278. The fourth-order valence-corrected chi connectivity index (χ4v) is 2.40. The van der Waals surface area contributed by atoms with Crippen molar-refractivity contribution >= 4 is 11.7 Å². The molecule has 0 aromatic heterocycles. The summed E-state index contributed by atoms with van der Waals surface area (Å²) < 4.78 is 0. The Morgan fingerprint density at radius 3 is 2.43 bits per heavy atom. The molecule has 3 heteroatoms. The van der Waals surface area contributed by atoms with Crippen molar-refractivity contribution in [1.29, 1.82) is 0 Å². The van der Waals surface area contributed by atoms with Gasteiger partial charge in [-0.25, -0.2) is 0 Å². The first-order valence-electron chi connectivity index (χ1n) is 7.14. The second kappa shape index (κ2) is 6.93. The summed E-state index contributed by atoms with van der Waals surface area (Å²) in [5.41, 5.74) is 4.77. The van der Waals surface area contributed by atoms with Crippen molar-refractivity contribution < 1.29 is 9.90 Å². The van der Waals surface area contributed by atoms with Gasteiger partial charge in [0.1, 0.15) is 0 Å². The number of carbonyl (C=O) groups is 1. The molecule has 110 valence electrons. The molecule has 0 spiro atoms. The molecule has 0 saturated heterocycles. The number of nitrogens with zero attached hydrogens (tertiary/aromatic N) is 1. The summed E-state index contributed by atoms with van der Waals surface area (Å²) in [5.74, 6) is -0.767. The normalized spacial score (nSPS) is 10.4. The van der Waals surface area contributed by atoms with Gasteiger partial charge >= 0.3 is 5.97 Å². The zero-order valence-corrected chi connectivity index (χ0v) is 12.5. The molecule has 0 amide bonds. The summed E-state index contributed by atoms with van der Waals surface area (Å²) in [4.78, 5) is 13.0. The first kappa shape index (κ1) is 15.1. The van der Waals surface area contributed by atoms with Gasteiger partial charge < -0.3 is 10.0 Å². The highest BCUT2D eigenvalue weighted by molar-refractivity contribution is 5.67. The van der Waals surface area contributed by atoms with Crippen LogP contribution in [0.5, 0.6) is 0 Å². The van der Waals surface area contributed by atoms with Gasteiger partial charge in [0.2, 0.25) is 0 Å². The van der Waals surface area contributed by atoms with Crippen LogP contribution in [-0.4, -0.2) is 17.6 Å². The largest absolute Gasteiger partial charge is 0.481 e. The lowest BCUT2D eigenvalue weighted by Crippen LogP contribution is -2.26. The van der Waals surface area contributed by atoms with Gasteiger partial charge in [-0.2, -0.15) is 0 Å². The molecule has 0 fully saturated rings. The van der Waals surface area contributed by atoms with Crippen molar-refractivity contribution in [3.05, 3.63) is 65.2 Å². The summed E-state index contributed by atoms with van der Waals surface area (Å²) >= 11 is 0. The van der Waals surface area contributed by atoms with Crippen LogP contribution in [0.2, 0.25) is 0 Å². The average molecular weight is 283 g/mol. The van der Waals surface area contributed by atoms with Crippen molar-refractivity contribution in [3.63, 3.8) is 0 Å².